The van der Waals surface area contributed by atoms with Crippen molar-refractivity contribution in [3.05, 3.63) is 63.4 Å². The van der Waals surface area contributed by atoms with Crippen LogP contribution in [0.2, 0.25) is 5.02 Å². The molecule has 0 saturated carbocycles. The molecule has 112 valence electrons. The van der Waals surface area contributed by atoms with Crippen LogP contribution in [0.1, 0.15) is 11.4 Å². The number of halogens is 1. The van der Waals surface area contributed by atoms with Gasteiger partial charge in [-0.05, 0) is 37.2 Å². The van der Waals surface area contributed by atoms with Gasteiger partial charge in [0, 0.05) is 12.6 Å². The minimum atomic E-state index is -0.199. The summed E-state index contributed by atoms with van der Waals surface area (Å²) in [6.45, 7) is 2.32. The second-order valence-corrected chi connectivity index (χ2v) is 5.41. The van der Waals surface area contributed by atoms with E-state index >= 15 is 0 Å². The topological polar surface area (TPSA) is 73.8 Å². The van der Waals surface area contributed by atoms with Crippen molar-refractivity contribution in [2.45, 2.75) is 13.3 Å². The largest absolute Gasteiger partial charge is 0.330 e. The summed E-state index contributed by atoms with van der Waals surface area (Å²) in [6.07, 6.45) is 3.83. The zero-order valence-corrected chi connectivity index (χ0v) is 12.8. The summed E-state index contributed by atoms with van der Waals surface area (Å²) in [5, 5.41) is 0.804. The molecular weight excluding hydrogens is 300 g/mol. The van der Waals surface area contributed by atoms with Gasteiger partial charge >= 0.3 is 0 Å². The molecule has 0 aliphatic rings. The highest BCUT2D eigenvalue weighted by atomic mass is 35.5. The molecule has 0 aliphatic heterocycles. The molecule has 0 saturated heterocycles. The van der Waals surface area contributed by atoms with Gasteiger partial charge < -0.3 is 5.73 Å². The number of benzene rings is 1. The molecule has 0 bridgehead atoms. The lowest BCUT2D eigenvalue weighted by Crippen LogP contribution is -2.26. The quantitative estimate of drug-likeness (QED) is 0.804. The van der Waals surface area contributed by atoms with Gasteiger partial charge in [-0.1, -0.05) is 17.7 Å². The summed E-state index contributed by atoms with van der Waals surface area (Å²) in [4.78, 5) is 21.7. The van der Waals surface area contributed by atoms with Crippen molar-refractivity contribution in [2.24, 2.45) is 5.73 Å². The van der Waals surface area contributed by atoms with Crippen LogP contribution < -0.4 is 11.3 Å². The Bertz CT molecular complexity index is 904. The van der Waals surface area contributed by atoms with Crippen LogP contribution in [-0.4, -0.2) is 21.1 Å². The third kappa shape index (κ3) is 2.38. The second-order valence-electron chi connectivity index (χ2n) is 5.00. The fraction of sp³-hybridized carbons (Fsp3) is 0.188. The first-order valence-electron chi connectivity index (χ1n) is 6.94. The van der Waals surface area contributed by atoms with Gasteiger partial charge in [-0.3, -0.25) is 14.3 Å². The van der Waals surface area contributed by atoms with Crippen LogP contribution in [0, 0.1) is 6.92 Å². The number of nitrogens with zero attached hydrogens (tertiary/aromatic N) is 3. The van der Waals surface area contributed by atoms with Crippen LogP contribution in [-0.2, 0) is 6.42 Å². The molecule has 0 amide bonds. The predicted octanol–water partition coefficient (Wildman–Crippen LogP) is 2.24. The number of fused-ring (bicyclic) bond motifs is 1. The summed E-state index contributed by atoms with van der Waals surface area (Å²) in [7, 11) is 0. The molecule has 0 unspecified atom stereocenters. The van der Waals surface area contributed by atoms with Crippen LogP contribution in [0.25, 0.3) is 16.6 Å². The Balaban J connectivity index is 2.44. The third-order valence-corrected chi connectivity index (χ3v) is 3.85. The van der Waals surface area contributed by atoms with Gasteiger partial charge in [0.2, 0.25) is 0 Å². The van der Waals surface area contributed by atoms with Gasteiger partial charge in [0.1, 0.15) is 5.82 Å². The lowest BCUT2D eigenvalue weighted by Gasteiger charge is -2.15. The van der Waals surface area contributed by atoms with E-state index in [2.05, 4.69) is 9.97 Å². The standard InChI is InChI=1S/C16H15ClN4O/c1-10-6-8-19-9-13(10)21-14(5-7-18)20-12-4-2-3-11(17)15(12)16(21)22/h2-4,6,8-9H,5,7,18H2,1H3. The number of aryl methyl sites for hydroxylation is 1. The van der Waals surface area contributed by atoms with Crippen molar-refractivity contribution >= 4 is 22.5 Å². The first-order valence-corrected chi connectivity index (χ1v) is 7.32. The van der Waals surface area contributed by atoms with E-state index in [1.54, 1.807) is 35.2 Å². The molecule has 0 aliphatic carbocycles. The van der Waals surface area contributed by atoms with Crippen molar-refractivity contribution in [1.29, 1.82) is 0 Å². The summed E-state index contributed by atoms with van der Waals surface area (Å²) >= 11 is 6.20. The molecule has 0 atom stereocenters. The Morgan fingerprint density at radius 3 is 2.86 bits per heavy atom. The van der Waals surface area contributed by atoms with E-state index in [1.165, 1.54) is 0 Å². The highest BCUT2D eigenvalue weighted by molar-refractivity contribution is 6.35. The van der Waals surface area contributed by atoms with Gasteiger partial charge in [0.25, 0.3) is 5.56 Å². The fourth-order valence-corrected chi connectivity index (χ4v) is 2.72. The normalized spacial score (nSPS) is 11.0. The summed E-state index contributed by atoms with van der Waals surface area (Å²) < 4.78 is 1.56. The number of aromatic nitrogens is 3. The maximum atomic E-state index is 13.0. The van der Waals surface area contributed by atoms with Crippen molar-refractivity contribution < 1.29 is 0 Å². The summed E-state index contributed by atoms with van der Waals surface area (Å²) in [6, 6.07) is 7.10. The second kappa shape index (κ2) is 5.87. The third-order valence-electron chi connectivity index (χ3n) is 3.54. The Labute approximate surface area is 132 Å². The Hall–Kier alpha value is -2.24. The van der Waals surface area contributed by atoms with Crippen molar-refractivity contribution in [1.82, 2.24) is 14.5 Å². The zero-order chi connectivity index (χ0) is 15.7. The first-order chi connectivity index (χ1) is 10.6. The Kier molecular flexibility index (Phi) is 3.92. The fourth-order valence-electron chi connectivity index (χ4n) is 2.47. The number of nitrogens with two attached hydrogens (primary N) is 1. The molecule has 0 fully saturated rings. The van der Waals surface area contributed by atoms with E-state index in [-0.39, 0.29) is 5.56 Å². The van der Waals surface area contributed by atoms with Crippen LogP contribution in [0.5, 0.6) is 0 Å². The molecule has 22 heavy (non-hydrogen) atoms. The lowest BCUT2D eigenvalue weighted by atomic mass is 10.2. The molecule has 6 heteroatoms. The zero-order valence-electron chi connectivity index (χ0n) is 12.1. The number of rotatable bonds is 3. The van der Waals surface area contributed by atoms with E-state index in [1.807, 2.05) is 13.0 Å². The van der Waals surface area contributed by atoms with Gasteiger partial charge in [-0.15, -0.1) is 0 Å². The SMILES string of the molecule is Cc1ccncc1-n1c(CCN)nc2cccc(Cl)c2c1=O. The molecule has 2 N–H and O–H groups in total. The van der Waals surface area contributed by atoms with Crippen LogP contribution in [0.15, 0.2) is 41.5 Å². The Morgan fingerprint density at radius 1 is 1.32 bits per heavy atom. The molecule has 5 nitrogen and oxygen atoms in total. The van der Waals surface area contributed by atoms with Crippen molar-refractivity contribution in [3.8, 4) is 5.69 Å². The van der Waals surface area contributed by atoms with Crippen molar-refractivity contribution in [3.63, 3.8) is 0 Å². The molecule has 2 heterocycles. The van der Waals surface area contributed by atoms with Gasteiger partial charge in [-0.2, -0.15) is 0 Å². The van der Waals surface area contributed by atoms with E-state index < -0.39 is 0 Å². The monoisotopic (exact) mass is 314 g/mol. The molecule has 1 aromatic carbocycles. The summed E-state index contributed by atoms with van der Waals surface area (Å²) in [5.41, 5.74) is 7.69. The van der Waals surface area contributed by atoms with Crippen LogP contribution in [0.4, 0.5) is 0 Å². The van der Waals surface area contributed by atoms with Crippen LogP contribution in [0.3, 0.4) is 0 Å². The maximum absolute atomic E-state index is 13.0. The predicted molar refractivity (Wildman–Crippen MR) is 87.6 cm³/mol. The average molecular weight is 315 g/mol. The molecule has 3 rings (SSSR count). The van der Waals surface area contributed by atoms with E-state index in [0.29, 0.717) is 40.4 Å². The van der Waals surface area contributed by atoms with Gasteiger partial charge in [0.15, 0.2) is 0 Å². The number of pyridine rings is 1. The summed E-state index contributed by atoms with van der Waals surface area (Å²) in [5.74, 6) is 0.610. The van der Waals surface area contributed by atoms with Crippen molar-refractivity contribution in [2.75, 3.05) is 6.54 Å². The molecule has 0 radical (unpaired) electrons. The average Bonchev–Trinajstić information content (AvgIpc) is 2.49. The highest BCUT2D eigenvalue weighted by Gasteiger charge is 2.15. The van der Waals surface area contributed by atoms with Crippen LogP contribution >= 0.6 is 11.6 Å². The minimum Gasteiger partial charge on any atom is -0.330 e. The van der Waals surface area contributed by atoms with E-state index in [0.717, 1.165) is 5.56 Å². The van der Waals surface area contributed by atoms with E-state index in [4.69, 9.17) is 17.3 Å². The van der Waals surface area contributed by atoms with E-state index in [9.17, 15) is 4.79 Å². The Morgan fingerprint density at radius 2 is 2.14 bits per heavy atom. The smallest absolute Gasteiger partial charge is 0.267 e. The molecule has 3 aromatic rings. The maximum Gasteiger partial charge on any atom is 0.267 e. The molecular formula is C16H15ClN4O. The minimum absolute atomic E-state index is 0.199. The first kappa shape index (κ1) is 14.7. The number of hydrogen-bond acceptors (Lipinski definition) is 4. The number of hydrogen-bond donors (Lipinski definition) is 1. The van der Waals surface area contributed by atoms with Gasteiger partial charge in [-0.25, -0.2) is 4.98 Å². The molecule has 0 spiro atoms. The molecule has 2 aromatic heterocycles. The lowest BCUT2D eigenvalue weighted by molar-refractivity contribution is 0.790. The van der Waals surface area contributed by atoms with Gasteiger partial charge in [0.05, 0.1) is 27.8 Å². The highest BCUT2D eigenvalue weighted by Crippen LogP contribution is 2.21.